The molecule has 90 valence electrons. The molecule has 17 heavy (non-hydrogen) atoms. The molecule has 0 spiro atoms. The number of carbonyl (C=O) groups excluding carboxylic acids is 1. The van der Waals surface area contributed by atoms with E-state index in [0.29, 0.717) is 0 Å². The average molecular weight is 265 g/mol. The van der Waals surface area contributed by atoms with Crippen molar-refractivity contribution in [1.29, 1.82) is 0 Å². The quantitative estimate of drug-likeness (QED) is 0.891. The highest BCUT2D eigenvalue weighted by Crippen LogP contribution is 2.32. The van der Waals surface area contributed by atoms with E-state index >= 15 is 0 Å². The summed E-state index contributed by atoms with van der Waals surface area (Å²) in [6.07, 6.45) is 0.966. The summed E-state index contributed by atoms with van der Waals surface area (Å²) in [5.74, 6) is 0.0379. The van der Waals surface area contributed by atoms with Crippen LogP contribution >= 0.6 is 22.7 Å². The SMILES string of the molecule is CCCNC(=O)c1ccc(-c2cscc2C)s1. The van der Waals surface area contributed by atoms with Gasteiger partial charge in [-0.15, -0.1) is 11.3 Å². The van der Waals surface area contributed by atoms with E-state index in [9.17, 15) is 4.79 Å². The van der Waals surface area contributed by atoms with Gasteiger partial charge in [0.2, 0.25) is 0 Å². The zero-order valence-corrected chi connectivity index (χ0v) is 11.6. The lowest BCUT2D eigenvalue weighted by atomic mass is 10.2. The lowest BCUT2D eigenvalue weighted by molar-refractivity contribution is 0.0957. The average Bonchev–Trinajstić information content (AvgIpc) is 2.93. The van der Waals surface area contributed by atoms with Gasteiger partial charge in [0.1, 0.15) is 0 Å². The molecule has 2 aromatic rings. The number of rotatable bonds is 4. The van der Waals surface area contributed by atoms with Gasteiger partial charge in [0.05, 0.1) is 4.88 Å². The Kier molecular flexibility index (Phi) is 3.97. The third kappa shape index (κ3) is 2.76. The molecule has 0 fully saturated rings. The Morgan fingerprint density at radius 3 is 2.82 bits per heavy atom. The second kappa shape index (κ2) is 5.47. The number of amides is 1. The summed E-state index contributed by atoms with van der Waals surface area (Å²) in [5, 5.41) is 7.16. The molecule has 2 rings (SSSR count). The topological polar surface area (TPSA) is 29.1 Å². The van der Waals surface area contributed by atoms with E-state index in [1.54, 1.807) is 22.7 Å². The van der Waals surface area contributed by atoms with Crippen molar-refractivity contribution in [1.82, 2.24) is 5.32 Å². The van der Waals surface area contributed by atoms with E-state index in [1.165, 1.54) is 16.0 Å². The molecule has 0 atom stereocenters. The highest BCUT2D eigenvalue weighted by molar-refractivity contribution is 7.17. The normalized spacial score (nSPS) is 10.5. The maximum Gasteiger partial charge on any atom is 0.261 e. The molecule has 2 aromatic heterocycles. The van der Waals surface area contributed by atoms with Crippen molar-refractivity contribution in [2.75, 3.05) is 6.54 Å². The molecular formula is C13H15NOS2. The van der Waals surface area contributed by atoms with Crippen molar-refractivity contribution < 1.29 is 4.79 Å². The first-order chi connectivity index (χ1) is 8.22. The minimum atomic E-state index is 0.0379. The lowest BCUT2D eigenvalue weighted by Gasteiger charge is -1.99. The highest BCUT2D eigenvalue weighted by atomic mass is 32.1. The molecule has 4 heteroatoms. The van der Waals surface area contributed by atoms with Crippen LogP contribution in [0, 0.1) is 6.92 Å². The van der Waals surface area contributed by atoms with Crippen LogP contribution < -0.4 is 5.32 Å². The zero-order valence-electron chi connectivity index (χ0n) is 9.95. The highest BCUT2D eigenvalue weighted by Gasteiger charge is 2.11. The van der Waals surface area contributed by atoms with Crippen molar-refractivity contribution in [2.24, 2.45) is 0 Å². The van der Waals surface area contributed by atoms with Gasteiger partial charge in [-0.3, -0.25) is 4.79 Å². The molecule has 1 amide bonds. The molecule has 0 radical (unpaired) electrons. The predicted molar refractivity (Wildman–Crippen MR) is 75.0 cm³/mol. The Hall–Kier alpha value is -1.13. The first-order valence-electron chi connectivity index (χ1n) is 5.63. The van der Waals surface area contributed by atoms with Crippen LogP contribution in [0.3, 0.4) is 0 Å². The Morgan fingerprint density at radius 1 is 1.35 bits per heavy atom. The molecule has 0 aliphatic carbocycles. The van der Waals surface area contributed by atoms with Crippen LogP contribution in [0.4, 0.5) is 0 Å². The number of carbonyl (C=O) groups is 1. The van der Waals surface area contributed by atoms with Crippen LogP contribution in [0.5, 0.6) is 0 Å². The number of hydrogen-bond acceptors (Lipinski definition) is 3. The second-order valence-corrected chi connectivity index (χ2v) is 5.72. The summed E-state index contributed by atoms with van der Waals surface area (Å²) >= 11 is 3.26. The van der Waals surface area contributed by atoms with Gasteiger partial charge in [-0.25, -0.2) is 0 Å². The molecule has 0 aliphatic rings. The molecule has 0 aromatic carbocycles. The van der Waals surface area contributed by atoms with E-state index in [4.69, 9.17) is 0 Å². The van der Waals surface area contributed by atoms with Crippen LogP contribution in [0.15, 0.2) is 22.9 Å². The third-order valence-corrected chi connectivity index (χ3v) is 4.47. The minimum absolute atomic E-state index is 0.0379. The smallest absolute Gasteiger partial charge is 0.261 e. The van der Waals surface area contributed by atoms with Gasteiger partial charge in [0, 0.05) is 17.0 Å². The second-order valence-electron chi connectivity index (χ2n) is 3.89. The Labute approximate surface area is 109 Å². The third-order valence-electron chi connectivity index (χ3n) is 2.49. The van der Waals surface area contributed by atoms with Gasteiger partial charge in [0.25, 0.3) is 5.91 Å². The van der Waals surface area contributed by atoms with Crippen LogP contribution in [0.2, 0.25) is 0 Å². The number of thiophene rings is 2. The summed E-state index contributed by atoms with van der Waals surface area (Å²) in [6, 6.07) is 3.93. The molecule has 2 heterocycles. The summed E-state index contributed by atoms with van der Waals surface area (Å²) in [6.45, 7) is 4.89. The van der Waals surface area contributed by atoms with Crippen LogP contribution in [-0.2, 0) is 0 Å². The summed E-state index contributed by atoms with van der Waals surface area (Å²) in [5.41, 5.74) is 2.52. The molecule has 0 saturated heterocycles. The number of hydrogen-bond donors (Lipinski definition) is 1. The van der Waals surface area contributed by atoms with Crippen LogP contribution in [0.1, 0.15) is 28.6 Å². The number of nitrogens with one attached hydrogen (secondary N) is 1. The monoisotopic (exact) mass is 265 g/mol. The van der Waals surface area contributed by atoms with E-state index in [2.05, 4.69) is 29.9 Å². The summed E-state index contributed by atoms with van der Waals surface area (Å²) in [7, 11) is 0. The van der Waals surface area contributed by atoms with E-state index in [0.717, 1.165) is 17.8 Å². The molecule has 2 nitrogen and oxygen atoms in total. The van der Waals surface area contributed by atoms with Gasteiger partial charge >= 0.3 is 0 Å². The van der Waals surface area contributed by atoms with Crippen LogP contribution in [0.25, 0.3) is 10.4 Å². The van der Waals surface area contributed by atoms with Gasteiger partial charge in [-0.1, -0.05) is 6.92 Å². The van der Waals surface area contributed by atoms with Gasteiger partial charge in [-0.2, -0.15) is 11.3 Å². The van der Waals surface area contributed by atoms with Crippen LogP contribution in [-0.4, -0.2) is 12.5 Å². The first-order valence-corrected chi connectivity index (χ1v) is 7.39. The maximum absolute atomic E-state index is 11.8. The molecule has 0 bridgehead atoms. The molecule has 1 N–H and O–H groups in total. The fourth-order valence-corrected chi connectivity index (χ4v) is 3.47. The van der Waals surface area contributed by atoms with Gasteiger partial charge in [-0.05, 0) is 41.8 Å². The Balaban J connectivity index is 2.16. The summed E-state index contributed by atoms with van der Waals surface area (Å²) in [4.78, 5) is 13.7. The van der Waals surface area contributed by atoms with Crippen molar-refractivity contribution in [3.05, 3.63) is 33.3 Å². The van der Waals surface area contributed by atoms with Crippen molar-refractivity contribution in [3.8, 4) is 10.4 Å². The summed E-state index contributed by atoms with van der Waals surface area (Å²) < 4.78 is 0. The first kappa shape index (κ1) is 12.3. The zero-order chi connectivity index (χ0) is 12.3. The molecule has 0 saturated carbocycles. The van der Waals surface area contributed by atoms with Crippen molar-refractivity contribution in [2.45, 2.75) is 20.3 Å². The molecule has 0 aliphatic heterocycles. The minimum Gasteiger partial charge on any atom is -0.351 e. The van der Waals surface area contributed by atoms with Gasteiger partial charge in [0.15, 0.2) is 0 Å². The van der Waals surface area contributed by atoms with Crippen molar-refractivity contribution >= 4 is 28.6 Å². The molecular weight excluding hydrogens is 250 g/mol. The van der Waals surface area contributed by atoms with Crippen molar-refractivity contribution in [3.63, 3.8) is 0 Å². The largest absolute Gasteiger partial charge is 0.351 e. The number of aryl methyl sites for hydroxylation is 1. The van der Waals surface area contributed by atoms with E-state index in [-0.39, 0.29) is 5.91 Å². The van der Waals surface area contributed by atoms with Gasteiger partial charge < -0.3 is 5.32 Å². The Bertz CT molecular complexity index is 513. The maximum atomic E-state index is 11.8. The lowest BCUT2D eigenvalue weighted by Crippen LogP contribution is -2.22. The predicted octanol–water partition coefficient (Wildman–Crippen LogP) is 3.92. The Morgan fingerprint density at radius 2 is 2.18 bits per heavy atom. The van der Waals surface area contributed by atoms with E-state index < -0.39 is 0 Å². The van der Waals surface area contributed by atoms with E-state index in [1.807, 2.05) is 12.1 Å². The standard InChI is InChI=1S/C13H15NOS2/c1-3-6-14-13(15)12-5-4-11(17-12)10-8-16-7-9(10)2/h4-5,7-8H,3,6H2,1-2H3,(H,14,15). The molecule has 0 unspecified atom stereocenters. The fourth-order valence-electron chi connectivity index (χ4n) is 1.54. The fraction of sp³-hybridized carbons (Fsp3) is 0.308.